The van der Waals surface area contributed by atoms with Gasteiger partial charge in [-0.15, -0.1) is 5.10 Å². The highest BCUT2D eigenvalue weighted by Gasteiger charge is 2.01. The van der Waals surface area contributed by atoms with Crippen molar-refractivity contribution in [3.05, 3.63) is 39.4 Å². The predicted octanol–water partition coefficient (Wildman–Crippen LogP) is 3.13. The zero-order chi connectivity index (χ0) is 12.3. The molecule has 0 saturated carbocycles. The fourth-order valence-electron chi connectivity index (χ4n) is 1.37. The van der Waals surface area contributed by atoms with E-state index in [9.17, 15) is 8.78 Å². The normalized spacial score (nSPS) is 10.5. The minimum Gasteiger partial charge on any atom is -0.360 e. The topological polar surface area (TPSA) is 40.7 Å². The second-order valence-electron chi connectivity index (χ2n) is 3.37. The van der Waals surface area contributed by atoms with Crippen molar-refractivity contribution in [2.24, 2.45) is 0 Å². The number of aromatic amines is 1. The molecule has 3 nitrogen and oxygen atoms in total. The zero-order valence-electron chi connectivity index (χ0n) is 8.67. The van der Waals surface area contributed by atoms with Gasteiger partial charge in [0.05, 0.1) is 0 Å². The van der Waals surface area contributed by atoms with Crippen LogP contribution in [0, 0.1) is 15.6 Å². The Bertz CT molecular complexity index is 544. The SMILES string of the molecule is Fc1cc(F)cc(CCNc2n[nH]c(=S)s2)c1. The highest BCUT2D eigenvalue weighted by atomic mass is 32.1. The summed E-state index contributed by atoms with van der Waals surface area (Å²) in [5, 5.41) is 10.2. The van der Waals surface area contributed by atoms with Crippen LogP contribution >= 0.6 is 23.6 Å². The van der Waals surface area contributed by atoms with Crippen LogP contribution in [0.25, 0.3) is 0 Å². The first kappa shape index (κ1) is 12.1. The molecule has 0 amide bonds. The first-order valence-electron chi connectivity index (χ1n) is 4.88. The van der Waals surface area contributed by atoms with Gasteiger partial charge < -0.3 is 5.32 Å². The molecule has 2 rings (SSSR count). The number of halogens is 2. The average Bonchev–Trinajstić information content (AvgIpc) is 2.63. The Balaban J connectivity index is 1.91. The van der Waals surface area contributed by atoms with Crippen LogP contribution in [-0.4, -0.2) is 16.7 Å². The van der Waals surface area contributed by atoms with Crippen LogP contribution < -0.4 is 5.32 Å². The zero-order valence-corrected chi connectivity index (χ0v) is 10.3. The lowest BCUT2D eigenvalue weighted by molar-refractivity contribution is 0.580. The number of hydrogen-bond donors (Lipinski definition) is 2. The molecule has 0 atom stereocenters. The van der Waals surface area contributed by atoms with Gasteiger partial charge in [-0.3, -0.25) is 5.10 Å². The summed E-state index contributed by atoms with van der Waals surface area (Å²) in [5.74, 6) is -1.12. The molecule has 0 spiro atoms. The van der Waals surface area contributed by atoms with E-state index in [2.05, 4.69) is 15.5 Å². The van der Waals surface area contributed by atoms with Crippen LogP contribution in [0.4, 0.5) is 13.9 Å². The molecule has 90 valence electrons. The van der Waals surface area contributed by atoms with Gasteiger partial charge in [0.25, 0.3) is 0 Å². The maximum Gasteiger partial charge on any atom is 0.204 e. The number of nitrogens with zero attached hydrogens (tertiary/aromatic N) is 1. The Morgan fingerprint density at radius 2 is 2.00 bits per heavy atom. The highest BCUT2D eigenvalue weighted by Crippen LogP contribution is 2.12. The average molecular weight is 273 g/mol. The van der Waals surface area contributed by atoms with Gasteiger partial charge >= 0.3 is 0 Å². The number of anilines is 1. The molecule has 0 unspecified atom stereocenters. The lowest BCUT2D eigenvalue weighted by Crippen LogP contribution is -2.05. The van der Waals surface area contributed by atoms with Crippen LogP contribution in [0.3, 0.4) is 0 Å². The van der Waals surface area contributed by atoms with Crippen molar-refractivity contribution >= 4 is 28.7 Å². The molecule has 7 heteroatoms. The van der Waals surface area contributed by atoms with E-state index in [0.717, 1.165) is 6.07 Å². The number of H-pyrrole nitrogens is 1. The predicted molar refractivity (Wildman–Crippen MR) is 65.9 cm³/mol. The Labute approximate surface area is 106 Å². The van der Waals surface area contributed by atoms with Crippen molar-refractivity contribution < 1.29 is 8.78 Å². The van der Waals surface area contributed by atoms with E-state index in [-0.39, 0.29) is 0 Å². The van der Waals surface area contributed by atoms with E-state index in [1.807, 2.05) is 0 Å². The number of benzene rings is 1. The molecule has 0 fully saturated rings. The molecule has 1 aromatic heterocycles. The maximum absolute atomic E-state index is 12.9. The molecule has 1 heterocycles. The molecule has 2 aromatic rings. The van der Waals surface area contributed by atoms with E-state index in [0.29, 0.717) is 27.6 Å². The molecular weight excluding hydrogens is 264 g/mol. The van der Waals surface area contributed by atoms with Gasteiger partial charge in [0.15, 0.2) is 3.95 Å². The molecule has 0 aliphatic heterocycles. The summed E-state index contributed by atoms with van der Waals surface area (Å²) in [4.78, 5) is 0. The van der Waals surface area contributed by atoms with Gasteiger partial charge in [-0.2, -0.15) is 0 Å². The van der Waals surface area contributed by atoms with E-state index in [1.165, 1.54) is 23.5 Å². The van der Waals surface area contributed by atoms with Crippen molar-refractivity contribution in [1.82, 2.24) is 10.2 Å². The van der Waals surface area contributed by atoms with E-state index in [4.69, 9.17) is 12.2 Å². The van der Waals surface area contributed by atoms with Crippen LogP contribution in [0.15, 0.2) is 18.2 Å². The van der Waals surface area contributed by atoms with Crippen molar-refractivity contribution in [1.29, 1.82) is 0 Å². The third-order valence-electron chi connectivity index (χ3n) is 2.05. The summed E-state index contributed by atoms with van der Waals surface area (Å²) in [6.07, 6.45) is 0.515. The monoisotopic (exact) mass is 273 g/mol. The molecule has 2 N–H and O–H groups in total. The fourth-order valence-corrected chi connectivity index (χ4v) is 2.19. The second kappa shape index (κ2) is 5.33. The molecule has 1 aromatic carbocycles. The summed E-state index contributed by atoms with van der Waals surface area (Å²) in [6.45, 7) is 0.541. The van der Waals surface area contributed by atoms with Crippen molar-refractivity contribution in [3.8, 4) is 0 Å². The quantitative estimate of drug-likeness (QED) is 0.841. The highest BCUT2D eigenvalue weighted by molar-refractivity contribution is 7.73. The minimum absolute atomic E-state index is 0.515. The summed E-state index contributed by atoms with van der Waals surface area (Å²) < 4.78 is 26.4. The van der Waals surface area contributed by atoms with Crippen LogP contribution in [0.1, 0.15) is 5.56 Å². The largest absolute Gasteiger partial charge is 0.360 e. The number of rotatable bonds is 4. The smallest absolute Gasteiger partial charge is 0.204 e. The van der Waals surface area contributed by atoms with E-state index >= 15 is 0 Å². The third-order valence-corrected chi connectivity index (χ3v) is 3.10. The summed E-state index contributed by atoms with van der Waals surface area (Å²) in [5.41, 5.74) is 0.606. The third kappa shape index (κ3) is 3.57. The molecule has 0 bridgehead atoms. The minimum atomic E-state index is -0.560. The van der Waals surface area contributed by atoms with Crippen molar-refractivity contribution in [2.75, 3.05) is 11.9 Å². The number of nitrogens with one attached hydrogen (secondary N) is 2. The molecular formula is C10H9F2N3S2. The maximum atomic E-state index is 12.9. The lowest BCUT2D eigenvalue weighted by Gasteiger charge is -2.03. The molecule has 0 saturated heterocycles. The molecule has 17 heavy (non-hydrogen) atoms. The van der Waals surface area contributed by atoms with Crippen molar-refractivity contribution in [2.45, 2.75) is 6.42 Å². The van der Waals surface area contributed by atoms with E-state index < -0.39 is 11.6 Å². The summed E-state index contributed by atoms with van der Waals surface area (Å²) in [6, 6.07) is 3.49. The standard InChI is InChI=1S/C10H9F2N3S2/c11-7-3-6(4-8(12)5-7)1-2-13-9-14-15-10(16)17-9/h3-5H,1-2H2,(H,13,14)(H,15,16). The number of aromatic nitrogens is 2. The van der Waals surface area contributed by atoms with Gasteiger partial charge in [0.2, 0.25) is 5.13 Å². The Hall–Kier alpha value is -1.34. The first-order valence-corrected chi connectivity index (χ1v) is 6.10. The van der Waals surface area contributed by atoms with Crippen molar-refractivity contribution in [3.63, 3.8) is 0 Å². The van der Waals surface area contributed by atoms with E-state index in [1.54, 1.807) is 0 Å². The van der Waals surface area contributed by atoms with Gasteiger partial charge in [-0.05, 0) is 36.3 Å². The van der Waals surface area contributed by atoms with Crippen LogP contribution in [-0.2, 0) is 6.42 Å². The summed E-state index contributed by atoms with van der Waals surface area (Å²) in [7, 11) is 0. The lowest BCUT2D eigenvalue weighted by atomic mass is 10.1. The van der Waals surface area contributed by atoms with Gasteiger partial charge in [0.1, 0.15) is 11.6 Å². The molecule has 0 aliphatic rings. The van der Waals surface area contributed by atoms with Crippen LogP contribution in [0.2, 0.25) is 0 Å². The fraction of sp³-hybridized carbons (Fsp3) is 0.200. The number of hydrogen-bond acceptors (Lipinski definition) is 4. The van der Waals surface area contributed by atoms with Crippen LogP contribution in [0.5, 0.6) is 0 Å². The Morgan fingerprint density at radius 1 is 1.29 bits per heavy atom. The molecule has 0 radical (unpaired) electrons. The van der Waals surface area contributed by atoms with Gasteiger partial charge in [-0.1, -0.05) is 11.3 Å². The second-order valence-corrected chi connectivity index (χ2v) is 5.04. The Morgan fingerprint density at radius 3 is 2.59 bits per heavy atom. The first-order chi connectivity index (χ1) is 8.13. The van der Waals surface area contributed by atoms with Gasteiger partial charge in [0, 0.05) is 12.6 Å². The summed E-state index contributed by atoms with van der Waals surface area (Å²) >= 11 is 6.19. The van der Waals surface area contributed by atoms with Gasteiger partial charge in [-0.25, -0.2) is 8.78 Å². The molecule has 0 aliphatic carbocycles. The Kier molecular flexibility index (Phi) is 3.80.